The van der Waals surface area contributed by atoms with Crippen LogP contribution in [0.1, 0.15) is 39.0 Å². The second-order valence-corrected chi connectivity index (χ2v) is 7.56. The fourth-order valence-corrected chi connectivity index (χ4v) is 3.84. The van der Waals surface area contributed by atoms with E-state index in [0.717, 1.165) is 31.2 Å². The molecule has 5 nitrogen and oxygen atoms in total. The molecule has 0 spiro atoms. The van der Waals surface area contributed by atoms with Gasteiger partial charge in [0.2, 0.25) is 5.91 Å². The van der Waals surface area contributed by atoms with Gasteiger partial charge < -0.3 is 9.64 Å². The molecule has 1 amide bonds. The van der Waals surface area contributed by atoms with Crippen molar-refractivity contribution in [2.45, 2.75) is 57.2 Å². The van der Waals surface area contributed by atoms with Crippen molar-refractivity contribution in [2.24, 2.45) is 5.92 Å². The van der Waals surface area contributed by atoms with Gasteiger partial charge in [0.1, 0.15) is 11.9 Å². The normalized spacial score (nSPS) is 25.5. The van der Waals surface area contributed by atoms with Crippen molar-refractivity contribution in [2.75, 3.05) is 19.6 Å². The summed E-state index contributed by atoms with van der Waals surface area (Å²) in [5, 5.41) is 0. The number of likely N-dealkylation sites (tertiary alicyclic amines) is 1. The van der Waals surface area contributed by atoms with Crippen LogP contribution in [0.25, 0.3) is 0 Å². The SMILES string of the molecule is C[C@H](C1CC1)N(C(=O)CN1CC[C@H](Oc2cccnc2)C1)C1CC1. The number of rotatable bonds is 7. The third kappa shape index (κ3) is 3.72. The second-order valence-electron chi connectivity index (χ2n) is 7.56. The van der Waals surface area contributed by atoms with Crippen LogP contribution in [0.2, 0.25) is 0 Å². The highest BCUT2D eigenvalue weighted by atomic mass is 16.5. The molecule has 4 rings (SSSR count). The van der Waals surface area contributed by atoms with E-state index >= 15 is 0 Å². The Hall–Kier alpha value is -1.62. The van der Waals surface area contributed by atoms with E-state index < -0.39 is 0 Å². The van der Waals surface area contributed by atoms with Crippen LogP contribution in [-0.4, -0.2) is 58.5 Å². The molecule has 130 valence electrons. The number of hydrogen-bond acceptors (Lipinski definition) is 4. The van der Waals surface area contributed by atoms with Crippen LogP contribution in [0.4, 0.5) is 0 Å². The summed E-state index contributed by atoms with van der Waals surface area (Å²) in [7, 11) is 0. The molecule has 2 saturated carbocycles. The Morgan fingerprint density at radius 2 is 2.21 bits per heavy atom. The van der Waals surface area contributed by atoms with E-state index in [1.807, 2.05) is 12.1 Å². The number of carbonyl (C=O) groups is 1. The number of ether oxygens (including phenoxy) is 1. The Morgan fingerprint density at radius 1 is 1.38 bits per heavy atom. The summed E-state index contributed by atoms with van der Waals surface area (Å²) in [6, 6.07) is 4.76. The highest BCUT2D eigenvalue weighted by Crippen LogP contribution is 2.39. The van der Waals surface area contributed by atoms with Crippen LogP contribution in [0.3, 0.4) is 0 Å². The summed E-state index contributed by atoms with van der Waals surface area (Å²) in [6.45, 7) is 4.55. The second kappa shape index (κ2) is 6.71. The van der Waals surface area contributed by atoms with Gasteiger partial charge in [-0.25, -0.2) is 0 Å². The van der Waals surface area contributed by atoms with Gasteiger partial charge in [-0.15, -0.1) is 0 Å². The molecule has 5 heteroatoms. The molecule has 1 aliphatic heterocycles. The van der Waals surface area contributed by atoms with Gasteiger partial charge in [-0.05, 0) is 57.1 Å². The zero-order valence-corrected chi connectivity index (χ0v) is 14.4. The molecular formula is C19H27N3O2. The molecule has 3 aliphatic rings. The zero-order valence-electron chi connectivity index (χ0n) is 14.4. The molecule has 0 aromatic carbocycles. The zero-order chi connectivity index (χ0) is 16.5. The first-order valence-electron chi connectivity index (χ1n) is 9.31. The molecule has 2 aliphatic carbocycles. The number of nitrogens with zero attached hydrogens (tertiary/aromatic N) is 3. The maximum absolute atomic E-state index is 12.9. The van der Waals surface area contributed by atoms with Gasteiger partial charge >= 0.3 is 0 Å². The summed E-state index contributed by atoms with van der Waals surface area (Å²) >= 11 is 0. The maximum atomic E-state index is 12.9. The van der Waals surface area contributed by atoms with E-state index in [2.05, 4.69) is 21.7 Å². The maximum Gasteiger partial charge on any atom is 0.237 e. The van der Waals surface area contributed by atoms with Crippen molar-refractivity contribution in [1.82, 2.24) is 14.8 Å². The van der Waals surface area contributed by atoms with Crippen molar-refractivity contribution in [3.05, 3.63) is 24.5 Å². The van der Waals surface area contributed by atoms with Crippen LogP contribution >= 0.6 is 0 Å². The molecule has 0 unspecified atom stereocenters. The Morgan fingerprint density at radius 3 is 2.88 bits per heavy atom. The number of amides is 1. The van der Waals surface area contributed by atoms with Crippen molar-refractivity contribution >= 4 is 5.91 Å². The fourth-order valence-electron chi connectivity index (χ4n) is 3.84. The van der Waals surface area contributed by atoms with Crippen LogP contribution in [0.15, 0.2) is 24.5 Å². The predicted octanol–water partition coefficient (Wildman–Crippen LogP) is 2.32. The van der Waals surface area contributed by atoms with E-state index in [1.165, 1.54) is 25.7 Å². The lowest BCUT2D eigenvalue weighted by Gasteiger charge is -2.31. The highest BCUT2D eigenvalue weighted by molar-refractivity contribution is 5.79. The van der Waals surface area contributed by atoms with Gasteiger partial charge in [0.25, 0.3) is 0 Å². The standard InChI is InChI=1S/C19H27N3O2/c1-14(15-4-5-15)22(16-6-7-16)19(23)13-21-10-8-18(12-21)24-17-3-2-9-20-11-17/h2-3,9,11,14-16,18H,4-8,10,12-13H2,1H3/t14-,18+/m1/s1. The van der Waals surface area contributed by atoms with Crippen molar-refractivity contribution < 1.29 is 9.53 Å². The van der Waals surface area contributed by atoms with Gasteiger partial charge in [0.05, 0.1) is 12.7 Å². The Bertz CT molecular complexity index is 571. The third-order valence-corrected chi connectivity index (χ3v) is 5.50. The van der Waals surface area contributed by atoms with Crippen LogP contribution in [0, 0.1) is 5.92 Å². The van der Waals surface area contributed by atoms with E-state index in [9.17, 15) is 4.79 Å². The summed E-state index contributed by atoms with van der Waals surface area (Å²) in [6.07, 6.45) is 9.61. The number of pyridine rings is 1. The minimum absolute atomic E-state index is 0.164. The van der Waals surface area contributed by atoms with Crippen LogP contribution in [0.5, 0.6) is 5.75 Å². The van der Waals surface area contributed by atoms with Gasteiger partial charge in [0.15, 0.2) is 0 Å². The molecule has 24 heavy (non-hydrogen) atoms. The molecule has 0 radical (unpaired) electrons. The van der Waals surface area contributed by atoms with Crippen LogP contribution < -0.4 is 4.74 Å². The highest BCUT2D eigenvalue weighted by Gasteiger charge is 2.42. The van der Waals surface area contributed by atoms with E-state index in [4.69, 9.17) is 4.74 Å². The topological polar surface area (TPSA) is 45.7 Å². The molecule has 1 saturated heterocycles. The van der Waals surface area contributed by atoms with Crippen molar-refractivity contribution in [3.63, 3.8) is 0 Å². The largest absolute Gasteiger partial charge is 0.487 e. The van der Waals surface area contributed by atoms with Gasteiger partial charge in [-0.2, -0.15) is 0 Å². The first-order valence-corrected chi connectivity index (χ1v) is 9.31. The predicted molar refractivity (Wildman–Crippen MR) is 91.8 cm³/mol. The van der Waals surface area contributed by atoms with Gasteiger partial charge in [-0.1, -0.05) is 0 Å². The number of hydrogen-bond donors (Lipinski definition) is 0. The Balaban J connectivity index is 1.29. The lowest BCUT2D eigenvalue weighted by atomic mass is 10.1. The molecule has 0 bridgehead atoms. The lowest BCUT2D eigenvalue weighted by molar-refractivity contribution is -0.135. The van der Waals surface area contributed by atoms with E-state index in [-0.39, 0.29) is 6.10 Å². The van der Waals surface area contributed by atoms with Crippen molar-refractivity contribution in [3.8, 4) is 5.75 Å². The molecular weight excluding hydrogens is 302 g/mol. The molecule has 3 fully saturated rings. The van der Waals surface area contributed by atoms with Gasteiger partial charge in [-0.3, -0.25) is 14.7 Å². The number of carbonyl (C=O) groups excluding carboxylic acids is 1. The summed E-state index contributed by atoms with van der Waals surface area (Å²) < 4.78 is 5.97. The monoisotopic (exact) mass is 329 g/mol. The van der Waals surface area contributed by atoms with Crippen molar-refractivity contribution in [1.29, 1.82) is 0 Å². The van der Waals surface area contributed by atoms with Gasteiger partial charge in [0, 0.05) is 31.4 Å². The Labute approximate surface area is 144 Å². The minimum Gasteiger partial charge on any atom is -0.487 e. The number of aromatic nitrogens is 1. The Kier molecular flexibility index (Phi) is 4.44. The van der Waals surface area contributed by atoms with E-state index in [1.54, 1.807) is 12.4 Å². The average Bonchev–Trinajstić information content (AvgIpc) is 3.48. The molecule has 2 atom stereocenters. The minimum atomic E-state index is 0.164. The lowest BCUT2D eigenvalue weighted by Crippen LogP contribution is -2.46. The van der Waals surface area contributed by atoms with Crippen LogP contribution in [-0.2, 0) is 4.79 Å². The fraction of sp³-hybridized carbons (Fsp3) is 0.684. The molecule has 1 aromatic rings. The first-order chi connectivity index (χ1) is 11.7. The quantitative estimate of drug-likeness (QED) is 0.770. The molecule has 0 N–H and O–H groups in total. The smallest absolute Gasteiger partial charge is 0.237 e. The molecule has 1 aromatic heterocycles. The van der Waals surface area contributed by atoms with E-state index in [0.29, 0.717) is 24.5 Å². The third-order valence-electron chi connectivity index (χ3n) is 5.50. The first kappa shape index (κ1) is 15.9. The molecule has 2 heterocycles. The summed E-state index contributed by atoms with van der Waals surface area (Å²) in [5.74, 6) is 1.88. The average molecular weight is 329 g/mol. The summed E-state index contributed by atoms with van der Waals surface area (Å²) in [4.78, 5) is 21.4. The summed E-state index contributed by atoms with van der Waals surface area (Å²) in [5.41, 5.74) is 0.